The second-order valence-electron chi connectivity index (χ2n) is 5.54. The van der Waals surface area contributed by atoms with E-state index in [1.165, 1.54) is 35.3 Å². The van der Waals surface area contributed by atoms with E-state index in [0.29, 0.717) is 12.1 Å². The summed E-state index contributed by atoms with van der Waals surface area (Å²) in [5, 5.41) is 3.74. The van der Waals surface area contributed by atoms with Gasteiger partial charge in [0.15, 0.2) is 0 Å². The largest absolute Gasteiger partial charge is 0.469 e. The fraction of sp³-hybridized carbons (Fsp3) is 0.412. The highest BCUT2D eigenvalue weighted by molar-refractivity contribution is 5.27. The Hall–Kier alpha value is -1.54. The molecule has 1 aromatic heterocycles. The Labute approximate surface area is 114 Å². The molecule has 0 spiro atoms. The zero-order valence-electron chi connectivity index (χ0n) is 11.6. The van der Waals surface area contributed by atoms with Crippen LogP contribution in [-0.4, -0.2) is 0 Å². The quantitative estimate of drug-likeness (QED) is 0.883. The van der Waals surface area contributed by atoms with E-state index in [2.05, 4.69) is 49.5 Å². The van der Waals surface area contributed by atoms with Gasteiger partial charge < -0.3 is 9.73 Å². The maximum Gasteiger partial charge on any atom is 0.108 e. The molecule has 19 heavy (non-hydrogen) atoms. The standard InChI is InChI=1S/C17H21NO/c1-12-6-8-14(9-7-12)13(2)18-16-4-3-5-17-15(16)10-11-19-17/h6-11,13,16,18H,3-5H2,1-2H3/t13-,16?/m0/s1. The summed E-state index contributed by atoms with van der Waals surface area (Å²) in [5.74, 6) is 1.17. The molecule has 2 heteroatoms. The molecule has 2 atom stereocenters. The normalized spacial score (nSPS) is 20.0. The van der Waals surface area contributed by atoms with Crippen molar-refractivity contribution >= 4 is 0 Å². The van der Waals surface area contributed by atoms with E-state index in [0.717, 1.165) is 6.42 Å². The maximum atomic E-state index is 5.55. The van der Waals surface area contributed by atoms with Crippen molar-refractivity contribution in [2.75, 3.05) is 0 Å². The van der Waals surface area contributed by atoms with Gasteiger partial charge in [-0.25, -0.2) is 0 Å². The molecular weight excluding hydrogens is 234 g/mol. The Kier molecular flexibility index (Phi) is 3.43. The number of fused-ring (bicyclic) bond motifs is 1. The van der Waals surface area contributed by atoms with Crippen molar-refractivity contribution in [1.82, 2.24) is 5.32 Å². The third-order valence-electron chi connectivity index (χ3n) is 4.08. The van der Waals surface area contributed by atoms with Gasteiger partial charge in [0.05, 0.1) is 6.26 Å². The minimum absolute atomic E-state index is 0.367. The summed E-state index contributed by atoms with van der Waals surface area (Å²) in [7, 11) is 0. The van der Waals surface area contributed by atoms with Crippen LogP contribution in [0.4, 0.5) is 0 Å². The van der Waals surface area contributed by atoms with Gasteiger partial charge in [-0.3, -0.25) is 0 Å². The molecule has 0 aliphatic heterocycles. The summed E-state index contributed by atoms with van der Waals surface area (Å²) in [6, 6.07) is 11.7. The Balaban J connectivity index is 1.74. The molecule has 0 saturated carbocycles. The molecule has 1 unspecified atom stereocenters. The Morgan fingerprint density at radius 1 is 1.21 bits per heavy atom. The summed E-state index contributed by atoms with van der Waals surface area (Å²) < 4.78 is 5.55. The van der Waals surface area contributed by atoms with Crippen LogP contribution in [0.25, 0.3) is 0 Å². The van der Waals surface area contributed by atoms with Crippen LogP contribution in [0.1, 0.15) is 54.3 Å². The lowest BCUT2D eigenvalue weighted by Gasteiger charge is -2.26. The molecule has 1 aromatic carbocycles. The number of aryl methyl sites for hydroxylation is 2. The summed E-state index contributed by atoms with van der Waals surface area (Å²) in [4.78, 5) is 0. The first kappa shape index (κ1) is 12.5. The number of hydrogen-bond acceptors (Lipinski definition) is 2. The van der Waals surface area contributed by atoms with Crippen molar-refractivity contribution in [2.45, 2.75) is 45.2 Å². The Bertz CT molecular complexity index is 541. The van der Waals surface area contributed by atoms with E-state index >= 15 is 0 Å². The second-order valence-corrected chi connectivity index (χ2v) is 5.54. The monoisotopic (exact) mass is 255 g/mol. The van der Waals surface area contributed by atoms with Crippen LogP contribution in [0.15, 0.2) is 41.0 Å². The minimum atomic E-state index is 0.367. The highest BCUT2D eigenvalue weighted by Crippen LogP contribution is 2.32. The molecule has 100 valence electrons. The predicted molar refractivity (Wildman–Crippen MR) is 77.1 cm³/mol. The van der Waals surface area contributed by atoms with Crippen molar-refractivity contribution in [3.8, 4) is 0 Å². The van der Waals surface area contributed by atoms with Gasteiger partial charge in [0, 0.05) is 24.1 Å². The van der Waals surface area contributed by atoms with Crippen LogP contribution in [0.3, 0.4) is 0 Å². The molecule has 1 N–H and O–H groups in total. The summed E-state index contributed by atoms with van der Waals surface area (Å²) in [5.41, 5.74) is 4.01. The van der Waals surface area contributed by atoms with E-state index in [-0.39, 0.29) is 0 Å². The first-order valence-corrected chi connectivity index (χ1v) is 7.13. The molecule has 2 nitrogen and oxygen atoms in total. The molecule has 1 heterocycles. The SMILES string of the molecule is Cc1ccc([C@H](C)NC2CCCc3occc32)cc1. The molecule has 1 aliphatic rings. The van der Waals surface area contributed by atoms with Crippen LogP contribution in [-0.2, 0) is 6.42 Å². The number of nitrogens with one attached hydrogen (secondary N) is 1. The van der Waals surface area contributed by atoms with Crippen molar-refractivity contribution in [1.29, 1.82) is 0 Å². The van der Waals surface area contributed by atoms with Gasteiger partial charge in [0.25, 0.3) is 0 Å². The van der Waals surface area contributed by atoms with Crippen LogP contribution >= 0.6 is 0 Å². The molecule has 3 rings (SSSR count). The number of hydrogen-bond donors (Lipinski definition) is 1. The smallest absolute Gasteiger partial charge is 0.108 e. The van der Waals surface area contributed by atoms with E-state index in [1.54, 1.807) is 0 Å². The lowest BCUT2D eigenvalue weighted by Crippen LogP contribution is -2.27. The van der Waals surface area contributed by atoms with Gasteiger partial charge in [-0.05, 0) is 38.3 Å². The van der Waals surface area contributed by atoms with Gasteiger partial charge in [-0.2, -0.15) is 0 Å². The van der Waals surface area contributed by atoms with E-state index in [4.69, 9.17) is 4.42 Å². The van der Waals surface area contributed by atoms with Crippen LogP contribution in [0.2, 0.25) is 0 Å². The minimum Gasteiger partial charge on any atom is -0.469 e. The zero-order valence-corrected chi connectivity index (χ0v) is 11.6. The van der Waals surface area contributed by atoms with Gasteiger partial charge in [-0.1, -0.05) is 29.8 Å². The first-order chi connectivity index (χ1) is 9.24. The average Bonchev–Trinajstić information content (AvgIpc) is 2.89. The lowest BCUT2D eigenvalue weighted by atomic mass is 9.92. The molecule has 0 bridgehead atoms. The van der Waals surface area contributed by atoms with Gasteiger partial charge in [0.2, 0.25) is 0 Å². The fourth-order valence-corrected chi connectivity index (χ4v) is 2.91. The lowest BCUT2D eigenvalue weighted by molar-refractivity contribution is 0.385. The molecule has 0 amide bonds. The number of rotatable bonds is 3. The highest BCUT2D eigenvalue weighted by Gasteiger charge is 2.23. The second kappa shape index (κ2) is 5.22. The van der Waals surface area contributed by atoms with E-state index in [9.17, 15) is 0 Å². The van der Waals surface area contributed by atoms with Gasteiger partial charge >= 0.3 is 0 Å². The molecule has 0 radical (unpaired) electrons. The van der Waals surface area contributed by atoms with Crippen LogP contribution in [0.5, 0.6) is 0 Å². The van der Waals surface area contributed by atoms with Gasteiger partial charge in [0.1, 0.15) is 5.76 Å². The summed E-state index contributed by atoms with van der Waals surface area (Å²) in [6.07, 6.45) is 5.31. The van der Waals surface area contributed by atoms with Crippen molar-refractivity contribution in [2.24, 2.45) is 0 Å². The number of furan rings is 1. The molecule has 1 aliphatic carbocycles. The first-order valence-electron chi connectivity index (χ1n) is 7.13. The summed E-state index contributed by atoms with van der Waals surface area (Å²) in [6.45, 7) is 4.36. The third-order valence-corrected chi connectivity index (χ3v) is 4.08. The molecule has 0 fully saturated rings. The van der Waals surface area contributed by atoms with E-state index < -0.39 is 0 Å². The Morgan fingerprint density at radius 2 is 2.00 bits per heavy atom. The summed E-state index contributed by atoms with van der Waals surface area (Å²) >= 11 is 0. The molecular formula is C17H21NO. The van der Waals surface area contributed by atoms with Crippen LogP contribution < -0.4 is 5.32 Å². The zero-order chi connectivity index (χ0) is 13.2. The highest BCUT2D eigenvalue weighted by atomic mass is 16.3. The molecule has 2 aromatic rings. The fourth-order valence-electron chi connectivity index (χ4n) is 2.91. The van der Waals surface area contributed by atoms with Crippen molar-refractivity contribution in [3.05, 3.63) is 59.0 Å². The van der Waals surface area contributed by atoms with Crippen molar-refractivity contribution in [3.63, 3.8) is 0 Å². The van der Waals surface area contributed by atoms with Gasteiger partial charge in [-0.15, -0.1) is 0 Å². The van der Waals surface area contributed by atoms with Crippen molar-refractivity contribution < 1.29 is 4.42 Å². The number of benzene rings is 1. The average molecular weight is 255 g/mol. The van der Waals surface area contributed by atoms with E-state index in [1.807, 2.05) is 6.26 Å². The predicted octanol–water partition coefficient (Wildman–Crippen LogP) is 4.32. The Morgan fingerprint density at radius 3 is 2.79 bits per heavy atom. The molecule has 0 saturated heterocycles. The van der Waals surface area contributed by atoms with Crippen LogP contribution in [0, 0.1) is 6.92 Å². The third kappa shape index (κ3) is 2.59. The maximum absolute atomic E-state index is 5.55. The topological polar surface area (TPSA) is 25.2 Å².